The topological polar surface area (TPSA) is 100 Å². The maximum absolute atomic E-state index is 12.4. The summed E-state index contributed by atoms with van der Waals surface area (Å²) in [7, 11) is 0. The molecule has 7 nitrogen and oxygen atoms in total. The summed E-state index contributed by atoms with van der Waals surface area (Å²) in [5.41, 5.74) is 2.46. The highest BCUT2D eigenvalue weighted by Crippen LogP contribution is 2.22. The lowest BCUT2D eigenvalue weighted by molar-refractivity contribution is 0.0941. The Kier molecular flexibility index (Phi) is 5.53. The number of nitrogens with zero attached hydrogens (tertiary/aromatic N) is 1. The number of benzene rings is 1. The largest absolute Gasteiger partial charge is 0.467 e. The Hall–Kier alpha value is -3.65. The van der Waals surface area contributed by atoms with Crippen LogP contribution in [0.1, 0.15) is 32.2 Å². The van der Waals surface area contributed by atoms with Crippen LogP contribution >= 0.6 is 11.3 Å². The van der Waals surface area contributed by atoms with Gasteiger partial charge in [0.2, 0.25) is 0 Å². The van der Waals surface area contributed by atoms with Gasteiger partial charge in [-0.2, -0.15) is 5.10 Å². The zero-order chi connectivity index (χ0) is 20.1. The third kappa shape index (κ3) is 4.61. The summed E-state index contributed by atoms with van der Waals surface area (Å²) in [6.07, 6.45) is 1.56. The van der Waals surface area contributed by atoms with Gasteiger partial charge >= 0.3 is 0 Å². The van der Waals surface area contributed by atoms with E-state index in [0.29, 0.717) is 30.1 Å². The first kappa shape index (κ1) is 18.7. The van der Waals surface area contributed by atoms with Gasteiger partial charge in [0.25, 0.3) is 11.8 Å². The minimum Gasteiger partial charge on any atom is -0.467 e. The van der Waals surface area contributed by atoms with Crippen LogP contribution in [0.2, 0.25) is 0 Å². The number of thiophene rings is 1. The van der Waals surface area contributed by atoms with Crippen LogP contribution < -0.4 is 10.6 Å². The summed E-state index contributed by atoms with van der Waals surface area (Å²) >= 11 is 1.57. The number of carbonyl (C=O) groups is 2. The first-order valence-electron chi connectivity index (χ1n) is 8.96. The highest BCUT2D eigenvalue weighted by molar-refractivity contribution is 7.13. The van der Waals surface area contributed by atoms with E-state index in [1.165, 1.54) is 0 Å². The number of aromatic amines is 1. The molecule has 0 radical (unpaired) electrons. The van der Waals surface area contributed by atoms with Gasteiger partial charge in [0.05, 0.1) is 23.4 Å². The van der Waals surface area contributed by atoms with E-state index >= 15 is 0 Å². The van der Waals surface area contributed by atoms with Gasteiger partial charge in [-0.1, -0.05) is 18.2 Å². The second kappa shape index (κ2) is 8.57. The maximum atomic E-state index is 12.4. The van der Waals surface area contributed by atoms with Crippen molar-refractivity contribution in [1.29, 1.82) is 0 Å². The third-order valence-electron chi connectivity index (χ3n) is 4.24. The number of rotatable bonds is 7. The molecule has 3 N–H and O–H groups in total. The lowest BCUT2D eigenvalue weighted by Crippen LogP contribution is -2.24. The van der Waals surface area contributed by atoms with E-state index in [1.54, 1.807) is 54.0 Å². The van der Waals surface area contributed by atoms with Crippen LogP contribution in [0.4, 0.5) is 0 Å². The lowest BCUT2D eigenvalue weighted by atomic mass is 10.1. The molecular weight excluding hydrogens is 388 g/mol. The molecule has 0 aliphatic rings. The van der Waals surface area contributed by atoms with E-state index < -0.39 is 0 Å². The molecule has 0 aliphatic heterocycles. The molecule has 3 heterocycles. The zero-order valence-corrected chi connectivity index (χ0v) is 16.2. The smallest absolute Gasteiger partial charge is 0.272 e. The van der Waals surface area contributed by atoms with Gasteiger partial charge in [-0.25, -0.2) is 0 Å². The molecule has 2 amide bonds. The third-order valence-corrected chi connectivity index (χ3v) is 5.15. The second-order valence-electron chi connectivity index (χ2n) is 6.29. The molecule has 4 aromatic rings. The van der Waals surface area contributed by atoms with E-state index in [0.717, 1.165) is 16.1 Å². The van der Waals surface area contributed by atoms with E-state index in [-0.39, 0.29) is 11.8 Å². The summed E-state index contributed by atoms with van der Waals surface area (Å²) in [4.78, 5) is 25.7. The van der Waals surface area contributed by atoms with E-state index in [1.807, 2.05) is 23.6 Å². The summed E-state index contributed by atoms with van der Waals surface area (Å²) < 4.78 is 5.21. The van der Waals surface area contributed by atoms with Crippen LogP contribution in [-0.2, 0) is 13.1 Å². The van der Waals surface area contributed by atoms with Crippen molar-refractivity contribution in [2.45, 2.75) is 13.1 Å². The summed E-state index contributed by atoms with van der Waals surface area (Å²) in [6.45, 7) is 0.609. The average molecular weight is 406 g/mol. The van der Waals surface area contributed by atoms with Gasteiger partial charge in [-0.3, -0.25) is 14.7 Å². The Morgan fingerprint density at radius 1 is 1.00 bits per heavy atom. The van der Waals surface area contributed by atoms with Crippen LogP contribution in [0, 0.1) is 0 Å². The molecule has 3 aromatic heterocycles. The minimum atomic E-state index is -0.281. The summed E-state index contributed by atoms with van der Waals surface area (Å²) in [5.74, 6) is 0.196. The molecule has 0 unspecified atom stereocenters. The Bertz CT molecular complexity index is 1100. The van der Waals surface area contributed by atoms with Crippen molar-refractivity contribution in [2.75, 3.05) is 0 Å². The van der Waals surface area contributed by atoms with Crippen molar-refractivity contribution in [2.24, 2.45) is 0 Å². The first-order valence-corrected chi connectivity index (χ1v) is 9.84. The molecular formula is C21H18N4O3S. The molecule has 8 heteroatoms. The number of H-pyrrole nitrogens is 1. The van der Waals surface area contributed by atoms with Crippen molar-refractivity contribution in [3.05, 3.63) is 88.8 Å². The molecule has 146 valence electrons. The average Bonchev–Trinajstić information content (AvgIpc) is 3.51. The monoisotopic (exact) mass is 406 g/mol. The van der Waals surface area contributed by atoms with Crippen LogP contribution in [-0.4, -0.2) is 22.0 Å². The molecule has 0 spiro atoms. The number of carbonyl (C=O) groups excluding carboxylic acids is 2. The standard InChI is InChI=1S/C21H18N4O3S/c26-20(23-13-16-6-2-8-28-16)15-5-1-4-14(10-15)12-22-21(27)18-11-17(24-25-18)19-7-3-9-29-19/h1-11H,12-13H2,(H,22,27)(H,23,26)(H,24,25). The molecule has 0 saturated heterocycles. The molecule has 1 aromatic carbocycles. The minimum absolute atomic E-state index is 0.206. The molecule has 0 bridgehead atoms. The summed E-state index contributed by atoms with van der Waals surface area (Å²) in [6, 6.07) is 16.3. The van der Waals surface area contributed by atoms with E-state index in [2.05, 4.69) is 20.8 Å². The van der Waals surface area contributed by atoms with Gasteiger partial charge in [-0.15, -0.1) is 11.3 Å². The van der Waals surface area contributed by atoms with Crippen molar-refractivity contribution >= 4 is 23.2 Å². The number of hydrogen-bond donors (Lipinski definition) is 3. The quantitative estimate of drug-likeness (QED) is 0.437. The van der Waals surface area contributed by atoms with Crippen molar-refractivity contribution in [3.63, 3.8) is 0 Å². The van der Waals surface area contributed by atoms with Crippen molar-refractivity contribution in [3.8, 4) is 10.6 Å². The maximum Gasteiger partial charge on any atom is 0.272 e. The molecule has 0 aliphatic carbocycles. The predicted octanol–water partition coefficient (Wildman–Crippen LogP) is 3.59. The van der Waals surface area contributed by atoms with Crippen LogP contribution in [0.25, 0.3) is 10.6 Å². The highest BCUT2D eigenvalue weighted by Gasteiger charge is 2.12. The molecule has 0 saturated carbocycles. The number of furan rings is 1. The number of nitrogens with one attached hydrogen (secondary N) is 3. The number of amides is 2. The molecule has 4 rings (SSSR count). The molecule has 0 fully saturated rings. The van der Waals surface area contributed by atoms with Gasteiger partial charge in [0.15, 0.2) is 5.69 Å². The van der Waals surface area contributed by atoms with Crippen LogP contribution in [0.5, 0.6) is 0 Å². The van der Waals surface area contributed by atoms with Gasteiger partial charge < -0.3 is 15.1 Å². The number of hydrogen-bond acceptors (Lipinski definition) is 5. The van der Waals surface area contributed by atoms with E-state index in [9.17, 15) is 9.59 Å². The normalized spacial score (nSPS) is 10.6. The lowest BCUT2D eigenvalue weighted by Gasteiger charge is -2.07. The summed E-state index contributed by atoms with van der Waals surface area (Å²) in [5, 5.41) is 14.5. The Balaban J connectivity index is 1.34. The van der Waals surface area contributed by atoms with E-state index in [4.69, 9.17) is 4.42 Å². The second-order valence-corrected chi connectivity index (χ2v) is 7.24. The number of aromatic nitrogens is 2. The van der Waals surface area contributed by atoms with Crippen molar-refractivity contribution in [1.82, 2.24) is 20.8 Å². The Morgan fingerprint density at radius 2 is 1.90 bits per heavy atom. The Morgan fingerprint density at radius 3 is 2.69 bits per heavy atom. The molecule has 0 atom stereocenters. The van der Waals surface area contributed by atoms with Gasteiger partial charge in [0, 0.05) is 12.1 Å². The predicted molar refractivity (Wildman–Crippen MR) is 109 cm³/mol. The highest BCUT2D eigenvalue weighted by atomic mass is 32.1. The fraction of sp³-hybridized carbons (Fsp3) is 0.0952. The van der Waals surface area contributed by atoms with Gasteiger partial charge in [-0.05, 0) is 47.3 Å². The fourth-order valence-corrected chi connectivity index (χ4v) is 3.47. The Labute approximate surface area is 170 Å². The van der Waals surface area contributed by atoms with Crippen LogP contribution in [0.3, 0.4) is 0 Å². The van der Waals surface area contributed by atoms with Gasteiger partial charge in [0.1, 0.15) is 5.76 Å². The van der Waals surface area contributed by atoms with Crippen molar-refractivity contribution < 1.29 is 14.0 Å². The molecule has 29 heavy (non-hydrogen) atoms. The fourth-order valence-electron chi connectivity index (χ4n) is 2.77. The zero-order valence-electron chi connectivity index (χ0n) is 15.3. The van der Waals surface area contributed by atoms with Crippen LogP contribution in [0.15, 0.2) is 70.7 Å². The SMILES string of the molecule is O=C(NCc1ccco1)c1cccc(CNC(=O)c2cc(-c3cccs3)[nH]n2)c1. The first-order chi connectivity index (χ1) is 14.2.